The Kier molecular flexibility index (Phi) is 7.75. The highest BCUT2D eigenvalue weighted by Gasteiger charge is 2.52. The minimum absolute atomic E-state index is 0.606. The maximum Gasteiger partial charge on any atom is 0.164 e. The molecule has 0 saturated heterocycles. The zero-order valence-corrected chi connectivity index (χ0v) is 34.0. The van der Waals surface area contributed by atoms with Gasteiger partial charge >= 0.3 is 0 Å². The van der Waals surface area contributed by atoms with Crippen molar-refractivity contribution in [1.29, 1.82) is 0 Å². The van der Waals surface area contributed by atoms with Crippen molar-refractivity contribution in [2.24, 2.45) is 0 Å². The van der Waals surface area contributed by atoms with Gasteiger partial charge in [-0.05, 0) is 70.3 Å². The van der Waals surface area contributed by atoms with Gasteiger partial charge in [-0.25, -0.2) is 15.0 Å². The van der Waals surface area contributed by atoms with Crippen LogP contribution in [0, 0.1) is 0 Å². The van der Waals surface area contributed by atoms with E-state index in [1.165, 1.54) is 32.9 Å². The van der Waals surface area contributed by atoms with Crippen molar-refractivity contribution in [3.63, 3.8) is 0 Å². The van der Waals surface area contributed by atoms with Crippen molar-refractivity contribution in [3.05, 3.63) is 241 Å². The van der Waals surface area contributed by atoms with Crippen LogP contribution < -0.4 is 4.74 Å². The molecular formula is C58H36N4O. The molecule has 1 spiro atoms. The molecule has 5 heteroatoms. The Hall–Kier alpha value is -8.41. The largest absolute Gasteiger partial charge is 0.457 e. The molecule has 0 atom stereocenters. The topological polar surface area (TPSA) is 52.8 Å². The number of nitrogens with zero attached hydrogens (tertiary/aromatic N) is 4. The number of para-hydroxylation sites is 4. The Morgan fingerprint density at radius 2 is 0.841 bits per heavy atom. The summed E-state index contributed by atoms with van der Waals surface area (Å²) in [6, 6.07) is 77.2. The minimum atomic E-state index is -0.719. The summed E-state index contributed by atoms with van der Waals surface area (Å²) >= 11 is 0. The number of rotatable bonds is 5. The van der Waals surface area contributed by atoms with E-state index in [9.17, 15) is 0 Å². The second kappa shape index (κ2) is 13.8. The van der Waals surface area contributed by atoms with Gasteiger partial charge in [-0.1, -0.05) is 176 Å². The highest BCUT2D eigenvalue weighted by atomic mass is 16.5. The molecule has 1 aliphatic heterocycles. The smallest absolute Gasteiger partial charge is 0.164 e. The van der Waals surface area contributed by atoms with E-state index >= 15 is 0 Å². The van der Waals surface area contributed by atoms with Crippen LogP contribution in [-0.2, 0) is 5.41 Å². The van der Waals surface area contributed by atoms with Gasteiger partial charge in [0.05, 0.1) is 22.1 Å². The number of fused-ring (bicyclic) bond motifs is 12. The minimum Gasteiger partial charge on any atom is -0.457 e. The van der Waals surface area contributed by atoms with Gasteiger partial charge in [0.25, 0.3) is 0 Å². The van der Waals surface area contributed by atoms with E-state index in [2.05, 4.69) is 199 Å². The molecule has 13 rings (SSSR count). The van der Waals surface area contributed by atoms with Crippen LogP contribution in [0.3, 0.4) is 0 Å². The molecule has 2 aromatic heterocycles. The van der Waals surface area contributed by atoms with E-state index in [4.69, 9.17) is 19.7 Å². The fourth-order valence-electron chi connectivity index (χ4n) is 10.3. The lowest BCUT2D eigenvalue weighted by Crippen LogP contribution is -2.32. The summed E-state index contributed by atoms with van der Waals surface area (Å²) in [5.74, 6) is 3.53. The predicted octanol–water partition coefficient (Wildman–Crippen LogP) is 14.1. The zero-order chi connectivity index (χ0) is 41.5. The molecule has 63 heavy (non-hydrogen) atoms. The van der Waals surface area contributed by atoms with Gasteiger partial charge in [-0.3, -0.25) is 0 Å². The molecule has 0 saturated carbocycles. The normalized spacial score (nSPS) is 13.0. The molecule has 2 aliphatic rings. The van der Waals surface area contributed by atoms with Crippen molar-refractivity contribution < 1.29 is 4.74 Å². The number of hydrogen-bond acceptors (Lipinski definition) is 4. The third-order valence-electron chi connectivity index (χ3n) is 12.9. The Balaban J connectivity index is 1.10. The Bertz CT molecular complexity index is 3510. The summed E-state index contributed by atoms with van der Waals surface area (Å²) in [5, 5.41) is 2.45. The van der Waals surface area contributed by atoms with Gasteiger partial charge in [0, 0.05) is 44.2 Å². The molecule has 0 N–H and O–H groups in total. The maximum absolute atomic E-state index is 6.76. The number of aromatic nitrogens is 4. The highest BCUT2D eigenvalue weighted by Crippen LogP contribution is 2.63. The lowest BCUT2D eigenvalue weighted by molar-refractivity contribution is 0.436. The van der Waals surface area contributed by atoms with Crippen LogP contribution in [0.25, 0.3) is 83.9 Å². The molecule has 294 valence electrons. The molecule has 0 radical (unpaired) electrons. The number of ether oxygens (including phenoxy) is 1. The lowest BCUT2D eigenvalue weighted by Gasteiger charge is -2.39. The van der Waals surface area contributed by atoms with Crippen molar-refractivity contribution in [1.82, 2.24) is 19.5 Å². The third-order valence-corrected chi connectivity index (χ3v) is 12.9. The van der Waals surface area contributed by atoms with Crippen LogP contribution in [0.15, 0.2) is 218 Å². The first-order valence-electron chi connectivity index (χ1n) is 21.4. The van der Waals surface area contributed by atoms with Gasteiger partial charge in [0.2, 0.25) is 0 Å². The summed E-state index contributed by atoms with van der Waals surface area (Å²) < 4.78 is 9.21. The fraction of sp³-hybridized carbons (Fsp3) is 0.0172. The zero-order valence-electron chi connectivity index (χ0n) is 34.0. The molecule has 1 aliphatic carbocycles. The third kappa shape index (κ3) is 5.27. The van der Waals surface area contributed by atoms with Gasteiger partial charge in [0.15, 0.2) is 17.5 Å². The van der Waals surface area contributed by atoms with Gasteiger partial charge in [0.1, 0.15) is 11.5 Å². The second-order valence-electron chi connectivity index (χ2n) is 16.3. The molecule has 0 fully saturated rings. The summed E-state index contributed by atoms with van der Waals surface area (Å²) in [7, 11) is 0. The summed E-state index contributed by atoms with van der Waals surface area (Å²) in [6.45, 7) is 0. The average Bonchev–Trinajstić information content (AvgIpc) is 3.85. The lowest BCUT2D eigenvalue weighted by atomic mass is 9.66. The SMILES string of the molecule is c1ccc(-c2cccc(-c3nc(-c4ccccc4)nc(-c4ccc5c(c4)C4(c6ccccc6Oc6ccccc64)c4cccc(-n6c7ccccc7c7ccccc76)c4-5)n3)c2)cc1. The van der Waals surface area contributed by atoms with Crippen LogP contribution >= 0.6 is 0 Å². The average molecular weight is 805 g/mol. The Morgan fingerprint density at radius 1 is 0.349 bits per heavy atom. The van der Waals surface area contributed by atoms with Crippen LogP contribution in [0.1, 0.15) is 22.3 Å². The highest BCUT2D eigenvalue weighted by molar-refractivity contribution is 6.10. The van der Waals surface area contributed by atoms with Crippen LogP contribution in [0.2, 0.25) is 0 Å². The van der Waals surface area contributed by atoms with E-state index in [0.29, 0.717) is 17.5 Å². The quantitative estimate of drug-likeness (QED) is 0.174. The second-order valence-corrected chi connectivity index (χ2v) is 16.3. The van der Waals surface area contributed by atoms with E-state index in [1.807, 2.05) is 24.3 Å². The molecule has 0 bridgehead atoms. The van der Waals surface area contributed by atoms with Crippen molar-refractivity contribution >= 4 is 21.8 Å². The standard InChI is InChI=1S/C58H36N4O/c1-3-17-37(18-4-1)39-21-15-22-40(35-39)56-59-55(38-19-5-2-6-20-38)60-57(61-56)41-33-34-44-48(36-41)58(45-25-9-13-31-52(45)63-53-32-14-10-26-46(53)58)47-27-16-30-51(54(44)47)62-49-28-11-7-23-42(49)43-24-8-12-29-50(43)62/h1-36H. The first-order valence-corrected chi connectivity index (χ1v) is 21.4. The summed E-state index contributed by atoms with van der Waals surface area (Å²) in [4.78, 5) is 15.7. The van der Waals surface area contributed by atoms with Crippen LogP contribution in [0.5, 0.6) is 11.5 Å². The van der Waals surface area contributed by atoms with Crippen LogP contribution in [0.4, 0.5) is 0 Å². The van der Waals surface area contributed by atoms with Gasteiger partial charge in [-0.2, -0.15) is 0 Å². The van der Waals surface area contributed by atoms with E-state index in [-0.39, 0.29) is 0 Å². The van der Waals surface area contributed by atoms with E-state index < -0.39 is 5.41 Å². The first-order chi connectivity index (χ1) is 31.2. The van der Waals surface area contributed by atoms with Gasteiger partial charge in [-0.15, -0.1) is 0 Å². The molecule has 0 amide bonds. The molecule has 9 aromatic carbocycles. The van der Waals surface area contributed by atoms with E-state index in [1.54, 1.807) is 0 Å². The fourth-order valence-corrected chi connectivity index (χ4v) is 10.3. The molecule has 11 aromatic rings. The Morgan fingerprint density at radius 3 is 1.51 bits per heavy atom. The van der Waals surface area contributed by atoms with Crippen molar-refractivity contribution in [2.45, 2.75) is 5.41 Å². The molecule has 5 nitrogen and oxygen atoms in total. The monoisotopic (exact) mass is 804 g/mol. The predicted molar refractivity (Wildman–Crippen MR) is 253 cm³/mol. The first kappa shape index (κ1) is 35.4. The molecule has 0 unspecified atom stereocenters. The number of benzene rings is 9. The molecule has 3 heterocycles. The van der Waals surface area contributed by atoms with Crippen molar-refractivity contribution in [3.8, 4) is 73.6 Å². The van der Waals surface area contributed by atoms with E-state index in [0.717, 1.165) is 67.3 Å². The van der Waals surface area contributed by atoms with Crippen molar-refractivity contribution in [2.75, 3.05) is 0 Å². The Labute approximate surface area is 364 Å². The maximum atomic E-state index is 6.76. The summed E-state index contributed by atoms with van der Waals surface area (Å²) in [6.07, 6.45) is 0. The molecular weight excluding hydrogens is 769 g/mol. The van der Waals surface area contributed by atoms with Gasteiger partial charge < -0.3 is 9.30 Å². The summed E-state index contributed by atoms with van der Waals surface area (Å²) in [5.41, 5.74) is 14.6. The number of hydrogen-bond donors (Lipinski definition) is 0. The van der Waals surface area contributed by atoms with Crippen LogP contribution in [-0.4, -0.2) is 19.5 Å².